The minimum atomic E-state index is -0.919. The van der Waals surface area contributed by atoms with Gasteiger partial charge in [-0.05, 0) is 6.92 Å². The fraction of sp³-hybridized carbons (Fsp3) is 0.625. The third-order valence-electron chi connectivity index (χ3n) is 1.90. The molecule has 5 heteroatoms. The van der Waals surface area contributed by atoms with Gasteiger partial charge in [-0.3, -0.25) is 14.4 Å². The number of Topliss-reactive ketones (excluding diaryl/α,β-unsaturated/α-hetero) is 1. The molecule has 0 bridgehead atoms. The summed E-state index contributed by atoms with van der Waals surface area (Å²) in [5.74, 6) is -2.80. The van der Waals surface area contributed by atoms with Gasteiger partial charge in [-0.2, -0.15) is 0 Å². The van der Waals surface area contributed by atoms with Crippen LogP contribution in [0.15, 0.2) is 0 Å². The van der Waals surface area contributed by atoms with Crippen LogP contribution < -0.4 is 0 Å². The van der Waals surface area contributed by atoms with E-state index in [4.69, 9.17) is 0 Å². The van der Waals surface area contributed by atoms with Crippen molar-refractivity contribution in [2.75, 3.05) is 20.2 Å². The molecule has 0 saturated carbocycles. The first kappa shape index (κ1) is 9.70. The number of carbonyl (C=O) groups is 3. The summed E-state index contributed by atoms with van der Waals surface area (Å²) < 4.78 is 4.65. The van der Waals surface area contributed by atoms with Crippen LogP contribution in [0.3, 0.4) is 0 Å². The number of hydrogen-bond acceptors (Lipinski definition) is 4. The van der Waals surface area contributed by atoms with Crippen molar-refractivity contribution in [1.29, 1.82) is 0 Å². The van der Waals surface area contributed by atoms with Crippen LogP contribution in [0.1, 0.15) is 6.92 Å². The van der Waals surface area contributed by atoms with E-state index in [1.54, 1.807) is 6.92 Å². The van der Waals surface area contributed by atoms with Crippen LogP contribution in [0.25, 0.3) is 0 Å². The molecule has 1 heterocycles. The van der Waals surface area contributed by atoms with Crippen LogP contribution in [-0.2, 0) is 19.1 Å². The quantitative estimate of drug-likeness (QED) is 0.321. The molecule has 5 nitrogen and oxygen atoms in total. The molecule has 0 aromatic heterocycles. The Morgan fingerprint density at radius 3 is 2.62 bits per heavy atom. The molecule has 0 aliphatic carbocycles. The Balaban J connectivity index is 2.68. The van der Waals surface area contributed by atoms with E-state index in [-0.39, 0.29) is 13.2 Å². The minimum absolute atomic E-state index is 0.135. The third-order valence-corrected chi connectivity index (χ3v) is 1.90. The summed E-state index contributed by atoms with van der Waals surface area (Å²) in [4.78, 5) is 34.5. The van der Waals surface area contributed by atoms with E-state index in [0.29, 0.717) is 0 Å². The predicted octanol–water partition coefficient (Wildman–Crippen LogP) is -0.793. The van der Waals surface area contributed by atoms with Crippen molar-refractivity contribution >= 4 is 17.7 Å². The summed E-state index contributed by atoms with van der Waals surface area (Å²) in [7, 11) is 1.49. The zero-order chi connectivity index (χ0) is 10.0. The Bertz CT molecular complexity index is 261. The summed E-state index contributed by atoms with van der Waals surface area (Å²) >= 11 is 0. The molecule has 0 radical (unpaired) electrons. The first-order valence-corrected chi connectivity index (χ1v) is 4.03. The zero-order valence-corrected chi connectivity index (χ0v) is 7.57. The highest BCUT2D eigenvalue weighted by atomic mass is 16.5. The summed E-state index contributed by atoms with van der Waals surface area (Å²) in [6.07, 6.45) is 0. The minimum Gasteiger partial charge on any atom is -0.465 e. The van der Waals surface area contributed by atoms with Crippen molar-refractivity contribution in [3.8, 4) is 0 Å². The molecule has 0 N–H and O–H groups in total. The highest BCUT2D eigenvalue weighted by Gasteiger charge is 2.42. The lowest BCUT2D eigenvalue weighted by Crippen LogP contribution is -2.25. The van der Waals surface area contributed by atoms with E-state index in [1.165, 1.54) is 11.9 Å². The molecule has 1 atom stereocenters. The summed E-state index contributed by atoms with van der Waals surface area (Å²) in [5, 5.41) is 0. The highest BCUT2D eigenvalue weighted by molar-refractivity contribution is 6.42. The van der Waals surface area contributed by atoms with E-state index in [9.17, 15) is 14.4 Å². The van der Waals surface area contributed by atoms with Crippen LogP contribution in [0.5, 0.6) is 0 Å². The maximum Gasteiger partial charge on any atom is 0.318 e. The lowest BCUT2D eigenvalue weighted by Gasteiger charge is -2.07. The molecule has 1 saturated heterocycles. The zero-order valence-electron chi connectivity index (χ0n) is 7.57. The number of carbonyl (C=O) groups excluding carboxylic acids is 3. The van der Waals surface area contributed by atoms with Crippen LogP contribution in [0.2, 0.25) is 0 Å². The van der Waals surface area contributed by atoms with E-state index in [0.717, 1.165) is 0 Å². The second kappa shape index (κ2) is 3.55. The van der Waals surface area contributed by atoms with Crippen molar-refractivity contribution in [3.05, 3.63) is 0 Å². The van der Waals surface area contributed by atoms with Crippen molar-refractivity contribution < 1.29 is 19.1 Å². The normalized spacial score (nSPS) is 22.3. The smallest absolute Gasteiger partial charge is 0.318 e. The van der Waals surface area contributed by atoms with Crippen LogP contribution in [0.4, 0.5) is 0 Å². The van der Waals surface area contributed by atoms with Crippen LogP contribution in [0, 0.1) is 5.92 Å². The van der Waals surface area contributed by atoms with Crippen molar-refractivity contribution in [1.82, 2.24) is 4.90 Å². The van der Waals surface area contributed by atoms with Gasteiger partial charge in [-0.1, -0.05) is 0 Å². The number of ether oxygens (including phenoxy) is 1. The lowest BCUT2D eigenvalue weighted by atomic mass is 10.1. The Morgan fingerprint density at radius 2 is 2.23 bits per heavy atom. The van der Waals surface area contributed by atoms with Gasteiger partial charge in [-0.25, -0.2) is 0 Å². The fourth-order valence-electron chi connectivity index (χ4n) is 1.20. The summed E-state index contributed by atoms with van der Waals surface area (Å²) in [6.45, 7) is 2.01. The average Bonchev–Trinajstić information content (AvgIpc) is 2.33. The molecule has 72 valence electrons. The number of esters is 1. The van der Waals surface area contributed by atoms with Gasteiger partial charge in [0, 0.05) is 13.6 Å². The first-order chi connectivity index (χ1) is 6.07. The first-order valence-electron chi connectivity index (χ1n) is 4.03. The molecule has 1 fully saturated rings. The average molecular weight is 185 g/mol. The van der Waals surface area contributed by atoms with Gasteiger partial charge in [-0.15, -0.1) is 0 Å². The Kier molecular flexibility index (Phi) is 2.65. The summed E-state index contributed by atoms with van der Waals surface area (Å²) in [6, 6.07) is 0. The number of hydrogen-bond donors (Lipinski definition) is 0. The number of nitrogens with zero attached hydrogens (tertiary/aromatic N) is 1. The van der Waals surface area contributed by atoms with Gasteiger partial charge in [0.1, 0.15) is 5.92 Å². The van der Waals surface area contributed by atoms with Gasteiger partial charge in [0.15, 0.2) is 0 Å². The van der Waals surface area contributed by atoms with Crippen molar-refractivity contribution in [2.24, 2.45) is 5.92 Å². The Morgan fingerprint density at radius 1 is 1.62 bits per heavy atom. The van der Waals surface area contributed by atoms with E-state index in [1.807, 2.05) is 0 Å². The number of rotatable bonds is 2. The van der Waals surface area contributed by atoms with Gasteiger partial charge < -0.3 is 9.64 Å². The standard InChI is InChI=1S/C8H11NO4/c1-3-13-8(12)5-4-9(2)7(11)6(5)10/h5H,3-4H2,1-2H3/t5-/m1/s1. The molecule has 0 spiro atoms. The number of amides is 1. The van der Waals surface area contributed by atoms with E-state index in [2.05, 4.69) is 4.74 Å². The second-order valence-electron chi connectivity index (χ2n) is 2.85. The van der Waals surface area contributed by atoms with Crippen molar-refractivity contribution in [2.45, 2.75) is 6.92 Å². The maximum absolute atomic E-state index is 11.1. The number of likely N-dealkylation sites (tertiary alicyclic amines) is 1. The third kappa shape index (κ3) is 1.68. The largest absolute Gasteiger partial charge is 0.465 e. The molecule has 0 aromatic carbocycles. The molecule has 0 aromatic rings. The highest BCUT2D eigenvalue weighted by Crippen LogP contribution is 2.13. The molecule has 0 unspecified atom stereocenters. The number of ketones is 1. The summed E-state index contributed by atoms with van der Waals surface area (Å²) in [5.41, 5.74) is 0. The van der Waals surface area contributed by atoms with Gasteiger partial charge in [0.05, 0.1) is 6.61 Å². The SMILES string of the molecule is CCOC(=O)[C@@H]1CN(C)C(=O)C1=O. The molecular formula is C8H11NO4. The van der Waals surface area contributed by atoms with E-state index < -0.39 is 23.6 Å². The fourth-order valence-corrected chi connectivity index (χ4v) is 1.20. The van der Waals surface area contributed by atoms with Crippen LogP contribution >= 0.6 is 0 Å². The molecule has 1 rings (SSSR count). The van der Waals surface area contributed by atoms with Gasteiger partial charge >= 0.3 is 5.97 Å². The Hall–Kier alpha value is -1.39. The molecular weight excluding hydrogens is 174 g/mol. The van der Waals surface area contributed by atoms with Crippen LogP contribution in [-0.4, -0.2) is 42.8 Å². The van der Waals surface area contributed by atoms with Gasteiger partial charge in [0.25, 0.3) is 5.91 Å². The number of likely N-dealkylation sites (N-methyl/N-ethyl adjacent to an activating group) is 1. The molecule has 1 aliphatic heterocycles. The molecule has 13 heavy (non-hydrogen) atoms. The van der Waals surface area contributed by atoms with Crippen molar-refractivity contribution in [3.63, 3.8) is 0 Å². The lowest BCUT2D eigenvalue weighted by molar-refractivity contribution is -0.151. The van der Waals surface area contributed by atoms with Gasteiger partial charge in [0.2, 0.25) is 5.78 Å². The predicted molar refractivity (Wildman–Crippen MR) is 42.8 cm³/mol. The molecule has 1 aliphatic rings. The maximum atomic E-state index is 11.1. The molecule has 1 amide bonds. The van der Waals surface area contributed by atoms with E-state index >= 15 is 0 Å². The Labute approximate surface area is 75.6 Å². The second-order valence-corrected chi connectivity index (χ2v) is 2.85. The topological polar surface area (TPSA) is 63.7 Å². The monoisotopic (exact) mass is 185 g/mol.